The molecule has 1 aromatic heterocycles. The van der Waals surface area contributed by atoms with E-state index in [0.29, 0.717) is 18.2 Å². The number of nitrogens with zero attached hydrogens (tertiary/aromatic N) is 3. The van der Waals surface area contributed by atoms with E-state index in [2.05, 4.69) is 52.2 Å². The lowest BCUT2D eigenvalue weighted by molar-refractivity contribution is 0.0925. The average Bonchev–Trinajstić information content (AvgIpc) is 2.64. The van der Waals surface area contributed by atoms with E-state index in [1.165, 1.54) is 29.3 Å². The second-order valence-corrected chi connectivity index (χ2v) is 6.91. The summed E-state index contributed by atoms with van der Waals surface area (Å²) in [5.74, 6) is 0.346. The fourth-order valence-corrected chi connectivity index (χ4v) is 3.53. The molecular formula is C20H26N4O. The summed E-state index contributed by atoms with van der Waals surface area (Å²) >= 11 is 0. The van der Waals surface area contributed by atoms with Crippen molar-refractivity contribution in [1.29, 1.82) is 0 Å². The van der Waals surface area contributed by atoms with Crippen LogP contribution in [-0.2, 0) is 6.54 Å². The van der Waals surface area contributed by atoms with E-state index >= 15 is 0 Å². The molecule has 1 saturated heterocycles. The topological polar surface area (TPSA) is 58.1 Å². The van der Waals surface area contributed by atoms with Gasteiger partial charge in [-0.05, 0) is 55.8 Å². The first-order valence-corrected chi connectivity index (χ1v) is 8.95. The zero-order valence-corrected chi connectivity index (χ0v) is 15.0. The van der Waals surface area contributed by atoms with Gasteiger partial charge in [0.25, 0.3) is 5.91 Å². The van der Waals surface area contributed by atoms with Gasteiger partial charge in [0, 0.05) is 32.0 Å². The van der Waals surface area contributed by atoms with Crippen molar-refractivity contribution in [2.45, 2.75) is 33.2 Å². The Bertz CT molecular complexity index is 697. The molecule has 0 unspecified atom stereocenters. The van der Waals surface area contributed by atoms with Crippen LogP contribution in [0.3, 0.4) is 0 Å². The van der Waals surface area contributed by atoms with Gasteiger partial charge in [0.1, 0.15) is 5.69 Å². The first-order chi connectivity index (χ1) is 12.1. The van der Waals surface area contributed by atoms with E-state index in [-0.39, 0.29) is 5.91 Å². The summed E-state index contributed by atoms with van der Waals surface area (Å²) in [6.07, 6.45) is 6.95. The number of aryl methyl sites for hydroxylation is 2. The van der Waals surface area contributed by atoms with Gasteiger partial charge in [-0.2, -0.15) is 0 Å². The van der Waals surface area contributed by atoms with E-state index < -0.39 is 0 Å². The number of carbonyl (C=O) groups is 1. The molecule has 5 heteroatoms. The molecule has 0 spiro atoms. The Hall–Kier alpha value is -2.27. The zero-order chi connectivity index (χ0) is 17.6. The van der Waals surface area contributed by atoms with Crippen LogP contribution in [0.1, 0.15) is 40.0 Å². The number of aromatic nitrogens is 2. The number of piperidine rings is 1. The zero-order valence-electron chi connectivity index (χ0n) is 15.0. The summed E-state index contributed by atoms with van der Waals surface area (Å²) < 4.78 is 0. The lowest BCUT2D eigenvalue weighted by Gasteiger charge is -2.33. The highest BCUT2D eigenvalue weighted by Gasteiger charge is 2.21. The molecule has 2 aromatic rings. The highest BCUT2D eigenvalue weighted by Crippen LogP contribution is 2.21. The summed E-state index contributed by atoms with van der Waals surface area (Å²) in [5, 5.41) is 3.01. The molecule has 1 aliphatic heterocycles. The molecule has 3 rings (SSSR count). The second-order valence-electron chi connectivity index (χ2n) is 6.91. The summed E-state index contributed by atoms with van der Waals surface area (Å²) in [6, 6.07) is 6.49. The van der Waals surface area contributed by atoms with E-state index in [9.17, 15) is 4.79 Å². The van der Waals surface area contributed by atoms with Gasteiger partial charge in [0.15, 0.2) is 0 Å². The summed E-state index contributed by atoms with van der Waals surface area (Å²) in [6.45, 7) is 8.21. The van der Waals surface area contributed by atoms with Crippen LogP contribution in [0.15, 0.2) is 36.8 Å². The first kappa shape index (κ1) is 17.5. The van der Waals surface area contributed by atoms with Gasteiger partial charge < -0.3 is 5.32 Å². The molecule has 1 amide bonds. The van der Waals surface area contributed by atoms with Crippen molar-refractivity contribution in [3.8, 4) is 0 Å². The van der Waals surface area contributed by atoms with Crippen molar-refractivity contribution in [2.75, 3.05) is 19.6 Å². The largest absolute Gasteiger partial charge is 0.350 e. The molecule has 1 fully saturated rings. The van der Waals surface area contributed by atoms with Gasteiger partial charge in [0.05, 0.1) is 6.20 Å². The van der Waals surface area contributed by atoms with E-state index in [1.807, 2.05) is 0 Å². The van der Waals surface area contributed by atoms with Crippen molar-refractivity contribution in [3.05, 3.63) is 59.2 Å². The summed E-state index contributed by atoms with van der Waals surface area (Å²) in [4.78, 5) is 22.6. The fourth-order valence-electron chi connectivity index (χ4n) is 3.53. The van der Waals surface area contributed by atoms with Crippen molar-refractivity contribution in [2.24, 2.45) is 5.92 Å². The monoisotopic (exact) mass is 338 g/mol. The molecule has 0 radical (unpaired) electrons. The molecule has 1 atom stereocenters. The molecule has 0 saturated carbocycles. The molecule has 0 aliphatic carbocycles. The summed E-state index contributed by atoms with van der Waals surface area (Å²) in [7, 11) is 0. The van der Waals surface area contributed by atoms with Gasteiger partial charge in [-0.15, -0.1) is 0 Å². The third-order valence-corrected chi connectivity index (χ3v) is 4.98. The third kappa shape index (κ3) is 4.63. The molecule has 25 heavy (non-hydrogen) atoms. The number of nitrogens with one attached hydrogen (secondary N) is 1. The third-order valence-electron chi connectivity index (χ3n) is 4.98. The maximum atomic E-state index is 12.1. The fraction of sp³-hybridized carbons (Fsp3) is 0.450. The quantitative estimate of drug-likeness (QED) is 0.911. The van der Waals surface area contributed by atoms with Gasteiger partial charge in [-0.1, -0.05) is 18.2 Å². The van der Waals surface area contributed by atoms with Gasteiger partial charge in [-0.3, -0.25) is 14.7 Å². The number of benzene rings is 1. The molecule has 2 heterocycles. The lowest BCUT2D eigenvalue weighted by atomic mass is 9.96. The predicted molar refractivity (Wildman–Crippen MR) is 98.3 cm³/mol. The lowest BCUT2D eigenvalue weighted by Crippen LogP contribution is -2.40. The first-order valence-electron chi connectivity index (χ1n) is 8.95. The van der Waals surface area contributed by atoms with Crippen LogP contribution in [0, 0.1) is 19.8 Å². The number of amides is 1. The van der Waals surface area contributed by atoms with E-state index in [1.54, 1.807) is 12.4 Å². The minimum absolute atomic E-state index is 0.139. The molecule has 0 bridgehead atoms. The van der Waals surface area contributed by atoms with Crippen LogP contribution in [0.2, 0.25) is 0 Å². The molecule has 1 aromatic carbocycles. The van der Waals surface area contributed by atoms with Crippen LogP contribution >= 0.6 is 0 Å². The number of carbonyl (C=O) groups excluding carboxylic acids is 1. The van der Waals surface area contributed by atoms with Crippen molar-refractivity contribution < 1.29 is 4.79 Å². The number of likely N-dealkylation sites (tertiary alicyclic amines) is 1. The Morgan fingerprint density at radius 2 is 2.08 bits per heavy atom. The van der Waals surface area contributed by atoms with Crippen molar-refractivity contribution in [1.82, 2.24) is 20.2 Å². The minimum Gasteiger partial charge on any atom is -0.350 e. The van der Waals surface area contributed by atoms with Crippen LogP contribution < -0.4 is 5.32 Å². The minimum atomic E-state index is -0.139. The van der Waals surface area contributed by atoms with E-state index in [0.717, 1.165) is 26.1 Å². The van der Waals surface area contributed by atoms with E-state index in [4.69, 9.17) is 0 Å². The predicted octanol–water partition coefficient (Wildman–Crippen LogP) is 2.74. The van der Waals surface area contributed by atoms with Gasteiger partial charge in [0.2, 0.25) is 0 Å². The molecule has 132 valence electrons. The van der Waals surface area contributed by atoms with Gasteiger partial charge >= 0.3 is 0 Å². The van der Waals surface area contributed by atoms with Gasteiger partial charge in [-0.25, -0.2) is 4.98 Å². The Kier molecular flexibility index (Phi) is 5.76. The van der Waals surface area contributed by atoms with Crippen molar-refractivity contribution in [3.63, 3.8) is 0 Å². The SMILES string of the molecule is Cc1cccc(C)c1CN1CCC[C@@H](CNC(=O)c2cnccn2)C1. The smallest absolute Gasteiger partial charge is 0.271 e. The Balaban J connectivity index is 1.54. The number of rotatable bonds is 5. The molecular weight excluding hydrogens is 312 g/mol. The van der Waals surface area contributed by atoms with Crippen LogP contribution in [0.5, 0.6) is 0 Å². The summed E-state index contributed by atoms with van der Waals surface area (Å²) in [5.41, 5.74) is 4.54. The van der Waals surface area contributed by atoms with Crippen molar-refractivity contribution >= 4 is 5.91 Å². The number of hydrogen-bond acceptors (Lipinski definition) is 4. The van der Waals surface area contributed by atoms with Crippen LogP contribution in [-0.4, -0.2) is 40.4 Å². The Labute approximate surface area is 149 Å². The number of hydrogen-bond donors (Lipinski definition) is 1. The highest BCUT2D eigenvalue weighted by atomic mass is 16.1. The Morgan fingerprint density at radius 3 is 2.80 bits per heavy atom. The van der Waals surface area contributed by atoms with Crippen LogP contribution in [0.4, 0.5) is 0 Å². The Morgan fingerprint density at radius 1 is 1.28 bits per heavy atom. The molecule has 1 N–H and O–H groups in total. The maximum absolute atomic E-state index is 12.1. The maximum Gasteiger partial charge on any atom is 0.271 e. The standard InChI is InChI=1S/C20H26N4O/c1-15-5-3-6-16(2)18(15)14-24-10-4-7-17(13-24)11-23-20(25)19-12-21-8-9-22-19/h3,5-6,8-9,12,17H,4,7,10-11,13-14H2,1-2H3,(H,23,25)/t17-/m0/s1. The van der Waals surface area contributed by atoms with Crippen LogP contribution in [0.25, 0.3) is 0 Å². The molecule has 5 nitrogen and oxygen atoms in total. The molecule has 1 aliphatic rings. The average molecular weight is 338 g/mol. The normalized spacial score (nSPS) is 18.1. The highest BCUT2D eigenvalue weighted by molar-refractivity contribution is 5.91. The second kappa shape index (κ2) is 8.21.